The molecule has 0 heterocycles. The van der Waals surface area contributed by atoms with E-state index in [1.807, 2.05) is 13.8 Å². The highest BCUT2D eigenvalue weighted by Gasteiger charge is 2.01. The van der Waals surface area contributed by atoms with Crippen LogP contribution in [0.25, 0.3) is 0 Å². The molecule has 0 fully saturated rings. The summed E-state index contributed by atoms with van der Waals surface area (Å²) in [4.78, 5) is 5.17. The molecular weight excluding hydrogens is 146 g/mol. The predicted octanol–water partition coefficient (Wildman–Crippen LogP) is 0.838. The maximum atomic E-state index is 5.17. The molecule has 0 aliphatic carbocycles. The Morgan fingerprint density at radius 1 is 1.09 bits per heavy atom. The second kappa shape index (κ2) is 7.94. The normalized spacial score (nSPS) is 10.9. The van der Waals surface area contributed by atoms with Crippen molar-refractivity contribution in [2.75, 3.05) is 33.8 Å². The van der Waals surface area contributed by atoms with Crippen LogP contribution in [-0.4, -0.2) is 38.8 Å². The molecule has 0 atom stereocenters. The fourth-order valence-corrected chi connectivity index (χ4v) is 0.631. The molecule has 68 valence electrons. The standard InChI is InChI=1S/C7H17NO3/c1-4-10-7-8(6-9-3)11-5-2/h4-7H2,1-3H3. The first-order valence-electron chi connectivity index (χ1n) is 3.79. The van der Waals surface area contributed by atoms with Gasteiger partial charge < -0.3 is 9.47 Å². The molecule has 4 nitrogen and oxygen atoms in total. The van der Waals surface area contributed by atoms with Crippen LogP contribution in [0, 0.1) is 0 Å². The topological polar surface area (TPSA) is 30.9 Å². The van der Waals surface area contributed by atoms with Gasteiger partial charge in [-0.3, -0.25) is 4.84 Å². The van der Waals surface area contributed by atoms with Gasteiger partial charge in [0.2, 0.25) is 0 Å². The largest absolute Gasteiger partial charge is 0.367 e. The first kappa shape index (κ1) is 10.8. The molecule has 0 unspecified atom stereocenters. The molecule has 0 saturated heterocycles. The minimum atomic E-state index is 0.438. The third-order valence-electron chi connectivity index (χ3n) is 1.02. The van der Waals surface area contributed by atoms with Crippen molar-refractivity contribution >= 4 is 0 Å². The Kier molecular flexibility index (Phi) is 7.83. The van der Waals surface area contributed by atoms with E-state index < -0.39 is 0 Å². The molecule has 0 rings (SSSR count). The molecule has 0 aromatic heterocycles. The molecule has 0 radical (unpaired) electrons. The lowest BCUT2D eigenvalue weighted by atomic mass is 10.8. The maximum absolute atomic E-state index is 5.17. The molecule has 0 aliphatic heterocycles. The number of methoxy groups -OCH3 is 1. The molecule has 0 bridgehead atoms. The summed E-state index contributed by atoms with van der Waals surface area (Å²) in [6.07, 6.45) is 0. The van der Waals surface area contributed by atoms with Gasteiger partial charge in [-0.15, -0.1) is 5.06 Å². The SMILES string of the molecule is CCOCN(COC)OCC. The molecule has 11 heavy (non-hydrogen) atoms. The Labute approximate surface area is 68.0 Å². The van der Waals surface area contributed by atoms with Gasteiger partial charge in [0, 0.05) is 13.7 Å². The van der Waals surface area contributed by atoms with Crippen molar-refractivity contribution in [3.05, 3.63) is 0 Å². The van der Waals surface area contributed by atoms with Crippen molar-refractivity contribution in [3.8, 4) is 0 Å². The Bertz CT molecular complexity index is 74.1. The van der Waals surface area contributed by atoms with Gasteiger partial charge in [0.15, 0.2) is 0 Å². The van der Waals surface area contributed by atoms with Crippen LogP contribution in [0.3, 0.4) is 0 Å². The van der Waals surface area contributed by atoms with E-state index in [4.69, 9.17) is 14.3 Å². The third-order valence-corrected chi connectivity index (χ3v) is 1.02. The average molecular weight is 163 g/mol. The number of ether oxygens (including phenoxy) is 2. The van der Waals surface area contributed by atoms with E-state index in [2.05, 4.69) is 0 Å². The molecular formula is C7H17NO3. The van der Waals surface area contributed by atoms with Crippen LogP contribution < -0.4 is 0 Å². The molecule has 0 amide bonds. The van der Waals surface area contributed by atoms with Gasteiger partial charge in [-0.1, -0.05) is 0 Å². The van der Waals surface area contributed by atoms with E-state index >= 15 is 0 Å². The lowest BCUT2D eigenvalue weighted by molar-refractivity contribution is -0.239. The van der Waals surface area contributed by atoms with E-state index in [-0.39, 0.29) is 0 Å². The van der Waals surface area contributed by atoms with Crippen LogP contribution in [0.4, 0.5) is 0 Å². The van der Waals surface area contributed by atoms with Gasteiger partial charge in [-0.25, -0.2) is 0 Å². The van der Waals surface area contributed by atoms with Crippen molar-refractivity contribution in [1.29, 1.82) is 0 Å². The molecule has 4 heteroatoms. The van der Waals surface area contributed by atoms with Crippen molar-refractivity contribution in [3.63, 3.8) is 0 Å². The summed E-state index contributed by atoms with van der Waals surface area (Å²) in [5.41, 5.74) is 0. The minimum Gasteiger partial charge on any atom is -0.367 e. The van der Waals surface area contributed by atoms with E-state index in [1.54, 1.807) is 12.2 Å². The van der Waals surface area contributed by atoms with Crippen LogP contribution in [-0.2, 0) is 14.3 Å². The van der Waals surface area contributed by atoms with Gasteiger partial charge >= 0.3 is 0 Å². The summed E-state index contributed by atoms with van der Waals surface area (Å²) >= 11 is 0. The molecule has 0 aliphatic rings. The second-order valence-corrected chi connectivity index (χ2v) is 1.94. The van der Waals surface area contributed by atoms with Crippen molar-refractivity contribution in [1.82, 2.24) is 5.06 Å². The van der Waals surface area contributed by atoms with E-state index in [0.717, 1.165) is 0 Å². The van der Waals surface area contributed by atoms with Crippen molar-refractivity contribution in [2.24, 2.45) is 0 Å². The van der Waals surface area contributed by atoms with Gasteiger partial charge in [-0.2, -0.15) is 0 Å². The minimum absolute atomic E-state index is 0.438. The molecule has 0 saturated carbocycles. The highest BCUT2D eigenvalue weighted by molar-refractivity contribution is 4.25. The lowest BCUT2D eigenvalue weighted by Gasteiger charge is -2.18. The van der Waals surface area contributed by atoms with Gasteiger partial charge in [-0.05, 0) is 13.8 Å². The summed E-state index contributed by atoms with van der Waals surface area (Å²) in [5, 5.41) is 1.63. The lowest BCUT2D eigenvalue weighted by Crippen LogP contribution is -2.28. The fraction of sp³-hybridized carbons (Fsp3) is 1.00. The number of hydrogen-bond acceptors (Lipinski definition) is 4. The highest BCUT2D eigenvalue weighted by atomic mass is 16.7. The Morgan fingerprint density at radius 2 is 1.82 bits per heavy atom. The van der Waals surface area contributed by atoms with Crippen LogP contribution in [0.15, 0.2) is 0 Å². The molecule has 0 N–H and O–H groups in total. The Balaban J connectivity index is 3.34. The monoisotopic (exact) mass is 163 g/mol. The molecule has 0 aromatic carbocycles. The highest BCUT2D eigenvalue weighted by Crippen LogP contribution is 1.90. The first-order valence-corrected chi connectivity index (χ1v) is 3.79. The van der Waals surface area contributed by atoms with E-state index in [9.17, 15) is 0 Å². The first-order chi connectivity index (χ1) is 5.35. The van der Waals surface area contributed by atoms with Gasteiger partial charge in [0.05, 0.1) is 6.61 Å². The number of hydroxylamine groups is 2. The summed E-state index contributed by atoms with van der Waals surface area (Å²) in [5.74, 6) is 0. The zero-order valence-corrected chi connectivity index (χ0v) is 7.50. The second-order valence-electron chi connectivity index (χ2n) is 1.94. The summed E-state index contributed by atoms with van der Waals surface area (Å²) in [6.45, 7) is 6.08. The van der Waals surface area contributed by atoms with Crippen LogP contribution in [0.1, 0.15) is 13.8 Å². The smallest absolute Gasteiger partial charge is 0.125 e. The van der Waals surface area contributed by atoms with Crippen molar-refractivity contribution in [2.45, 2.75) is 13.8 Å². The quantitative estimate of drug-likeness (QED) is 0.411. The van der Waals surface area contributed by atoms with E-state index in [0.29, 0.717) is 26.7 Å². The number of rotatable bonds is 7. The maximum Gasteiger partial charge on any atom is 0.125 e. The van der Waals surface area contributed by atoms with Gasteiger partial charge in [0.1, 0.15) is 13.5 Å². The fourth-order valence-electron chi connectivity index (χ4n) is 0.631. The molecule has 0 spiro atoms. The summed E-state index contributed by atoms with van der Waals surface area (Å²) in [6, 6.07) is 0. The Hall–Kier alpha value is -0.160. The van der Waals surface area contributed by atoms with E-state index in [1.165, 1.54) is 0 Å². The van der Waals surface area contributed by atoms with Crippen LogP contribution in [0.2, 0.25) is 0 Å². The van der Waals surface area contributed by atoms with Crippen LogP contribution >= 0.6 is 0 Å². The average Bonchev–Trinajstić information content (AvgIpc) is 2.01. The van der Waals surface area contributed by atoms with Crippen LogP contribution in [0.5, 0.6) is 0 Å². The third kappa shape index (κ3) is 6.25. The number of nitrogens with zero attached hydrogens (tertiary/aromatic N) is 1. The Morgan fingerprint density at radius 3 is 2.27 bits per heavy atom. The predicted molar refractivity (Wildman–Crippen MR) is 41.8 cm³/mol. The van der Waals surface area contributed by atoms with Crippen molar-refractivity contribution < 1.29 is 14.3 Å². The molecule has 0 aromatic rings. The summed E-state index contributed by atoms with van der Waals surface area (Å²) in [7, 11) is 1.62. The zero-order valence-electron chi connectivity index (χ0n) is 7.50. The zero-order chi connectivity index (χ0) is 8.53. The number of hydrogen-bond donors (Lipinski definition) is 0. The summed E-state index contributed by atoms with van der Waals surface area (Å²) < 4.78 is 10.00. The van der Waals surface area contributed by atoms with Gasteiger partial charge in [0.25, 0.3) is 0 Å².